The molecule has 0 amide bonds. The van der Waals surface area contributed by atoms with Crippen LogP contribution >= 0.6 is 0 Å². The van der Waals surface area contributed by atoms with Gasteiger partial charge in [-0.05, 0) is 50.1 Å². The number of carbonyl (C=O) groups is 2. The number of esters is 1. The fraction of sp³-hybridized carbons (Fsp3) is 0.267. The first-order valence-electron chi connectivity index (χ1n) is 12.1. The van der Waals surface area contributed by atoms with E-state index in [2.05, 4.69) is 11.1 Å². The number of aromatic nitrogens is 1. The molecule has 0 radical (unpaired) electrons. The first-order chi connectivity index (χ1) is 17.4. The van der Waals surface area contributed by atoms with E-state index in [4.69, 9.17) is 4.74 Å². The molecule has 6 nitrogen and oxygen atoms in total. The number of nitrogens with zero attached hydrogens (tertiary/aromatic N) is 3. The summed E-state index contributed by atoms with van der Waals surface area (Å²) < 4.78 is 5.56. The number of anilines is 1. The molecule has 180 valence electrons. The van der Waals surface area contributed by atoms with E-state index in [0.29, 0.717) is 11.3 Å². The normalized spacial score (nSPS) is 23.9. The molecule has 1 fully saturated rings. The van der Waals surface area contributed by atoms with Gasteiger partial charge in [-0.2, -0.15) is 5.26 Å². The SMILES string of the molecule is CCOC(=O)C1(C#N)C(c2ccc(C)cc2C)C(C(=O)c2ccccc2)N2c3cccnc3C=CC21. The number of carbonyl (C=O) groups excluding carboxylic acids is 2. The Hall–Kier alpha value is -4.24. The maximum Gasteiger partial charge on any atom is 0.329 e. The van der Waals surface area contributed by atoms with Gasteiger partial charge in [0.25, 0.3) is 0 Å². The number of hydrogen-bond acceptors (Lipinski definition) is 6. The summed E-state index contributed by atoms with van der Waals surface area (Å²) in [4.78, 5) is 34.5. The second-order valence-electron chi connectivity index (χ2n) is 9.33. The van der Waals surface area contributed by atoms with E-state index < -0.39 is 29.4 Å². The molecule has 4 unspecified atom stereocenters. The van der Waals surface area contributed by atoms with Gasteiger partial charge < -0.3 is 9.64 Å². The summed E-state index contributed by atoms with van der Waals surface area (Å²) in [5.41, 5.74) is 3.06. The van der Waals surface area contributed by atoms with Crippen molar-refractivity contribution in [3.8, 4) is 6.07 Å². The van der Waals surface area contributed by atoms with Crippen molar-refractivity contribution in [1.82, 2.24) is 4.98 Å². The Bertz CT molecular complexity index is 1410. The fourth-order valence-corrected chi connectivity index (χ4v) is 5.79. The lowest BCUT2D eigenvalue weighted by molar-refractivity contribution is -0.152. The van der Waals surface area contributed by atoms with E-state index in [-0.39, 0.29) is 12.4 Å². The second-order valence-corrected chi connectivity index (χ2v) is 9.33. The van der Waals surface area contributed by atoms with E-state index in [1.807, 2.05) is 79.4 Å². The highest BCUT2D eigenvalue weighted by molar-refractivity contribution is 6.06. The zero-order valence-corrected chi connectivity index (χ0v) is 20.5. The predicted molar refractivity (Wildman–Crippen MR) is 137 cm³/mol. The molecule has 5 rings (SSSR count). The van der Waals surface area contributed by atoms with Crippen LogP contribution < -0.4 is 4.90 Å². The third-order valence-corrected chi connectivity index (χ3v) is 7.29. The minimum atomic E-state index is -1.64. The third-order valence-electron chi connectivity index (χ3n) is 7.29. The maximum absolute atomic E-state index is 14.3. The standard InChI is InChI=1S/C30H27N3O3/c1-4-36-29(35)30(18-31)25-15-14-23-24(11-8-16-32-23)33(25)27(28(34)21-9-6-5-7-10-21)26(30)22-13-12-19(2)17-20(22)3/h5-17,25-27H,4H2,1-3H3. The first kappa shape index (κ1) is 23.5. The van der Waals surface area contributed by atoms with Crippen molar-refractivity contribution >= 4 is 23.5 Å². The van der Waals surface area contributed by atoms with Crippen LogP contribution in [-0.4, -0.2) is 35.4 Å². The van der Waals surface area contributed by atoms with Gasteiger partial charge in [-0.1, -0.05) is 60.2 Å². The minimum absolute atomic E-state index is 0.133. The molecule has 1 aromatic heterocycles. The monoisotopic (exact) mass is 477 g/mol. The minimum Gasteiger partial charge on any atom is -0.465 e. The van der Waals surface area contributed by atoms with Crippen LogP contribution in [-0.2, 0) is 9.53 Å². The summed E-state index contributed by atoms with van der Waals surface area (Å²) in [7, 11) is 0. The number of pyridine rings is 1. The molecule has 2 aromatic carbocycles. The number of Topliss-reactive ketones (excluding diaryl/α,β-unsaturated/α-hetero) is 1. The van der Waals surface area contributed by atoms with Gasteiger partial charge in [-0.15, -0.1) is 0 Å². The van der Waals surface area contributed by atoms with Crippen LogP contribution in [0.3, 0.4) is 0 Å². The van der Waals surface area contributed by atoms with Crippen LogP contribution in [0.2, 0.25) is 0 Å². The van der Waals surface area contributed by atoms with Crippen molar-refractivity contribution in [1.29, 1.82) is 5.26 Å². The van der Waals surface area contributed by atoms with E-state index in [9.17, 15) is 14.9 Å². The second kappa shape index (κ2) is 9.09. The molecule has 4 atom stereocenters. The lowest BCUT2D eigenvalue weighted by Gasteiger charge is -2.35. The number of hydrogen-bond donors (Lipinski definition) is 0. The van der Waals surface area contributed by atoms with Crippen LogP contribution in [0.1, 0.15) is 45.6 Å². The van der Waals surface area contributed by atoms with Gasteiger partial charge >= 0.3 is 5.97 Å². The Morgan fingerprint density at radius 2 is 1.89 bits per heavy atom. The Balaban J connectivity index is 1.84. The number of aryl methyl sites for hydroxylation is 2. The molecule has 2 aliphatic heterocycles. The molecular formula is C30H27N3O3. The van der Waals surface area contributed by atoms with E-state index in [1.165, 1.54) is 0 Å². The number of fused-ring (bicyclic) bond motifs is 3. The molecule has 0 aliphatic carbocycles. The summed E-state index contributed by atoms with van der Waals surface area (Å²) in [5.74, 6) is -1.54. The molecule has 3 heterocycles. The maximum atomic E-state index is 14.3. The Morgan fingerprint density at radius 3 is 2.58 bits per heavy atom. The number of ether oxygens (including phenoxy) is 1. The molecule has 0 N–H and O–H groups in total. The van der Waals surface area contributed by atoms with Crippen molar-refractivity contribution < 1.29 is 14.3 Å². The zero-order chi connectivity index (χ0) is 25.4. The van der Waals surface area contributed by atoms with Crippen LogP contribution in [0, 0.1) is 30.6 Å². The van der Waals surface area contributed by atoms with Crippen molar-refractivity contribution in [2.75, 3.05) is 11.5 Å². The Kier molecular flexibility index (Phi) is 5.93. The molecule has 0 bridgehead atoms. The van der Waals surface area contributed by atoms with Crippen LogP contribution in [0.15, 0.2) is 72.9 Å². The summed E-state index contributed by atoms with van der Waals surface area (Å²) in [6.07, 6.45) is 5.35. The molecule has 1 saturated heterocycles. The van der Waals surface area contributed by atoms with Crippen LogP contribution in [0.4, 0.5) is 5.69 Å². The van der Waals surface area contributed by atoms with Crippen LogP contribution in [0.25, 0.3) is 6.08 Å². The average molecular weight is 478 g/mol. The summed E-state index contributed by atoms with van der Waals surface area (Å²) in [5, 5.41) is 10.8. The van der Waals surface area contributed by atoms with Gasteiger partial charge in [0.15, 0.2) is 11.2 Å². The number of nitriles is 1. The predicted octanol–water partition coefficient (Wildman–Crippen LogP) is 5.02. The van der Waals surface area contributed by atoms with Crippen molar-refractivity contribution in [3.63, 3.8) is 0 Å². The van der Waals surface area contributed by atoms with Crippen molar-refractivity contribution in [3.05, 3.63) is 101 Å². The summed E-state index contributed by atoms with van der Waals surface area (Å²) in [6.45, 7) is 5.81. The zero-order valence-electron chi connectivity index (χ0n) is 20.5. The molecule has 6 heteroatoms. The summed E-state index contributed by atoms with van der Waals surface area (Å²) >= 11 is 0. The first-order valence-corrected chi connectivity index (χ1v) is 12.1. The quantitative estimate of drug-likeness (QED) is 0.379. The highest BCUT2D eigenvalue weighted by Gasteiger charge is 2.67. The van der Waals surface area contributed by atoms with Crippen molar-refractivity contribution in [2.45, 2.75) is 38.8 Å². The van der Waals surface area contributed by atoms with Gasteiger partial charge in [-0.25, -0.2) is 0 Å². The largest absolute Gasteiger partial charge is 0.465 e. The number of rotatable bonds is 5. The Morgan fingerprint density at radius 1 is 1.11 bits per heavy atom. The fourth-order valence-electron chi connectivity index (χ4n) is 5.79. The van der Waals surface area contributed by atoms with E-state index >= 15 is 0 Å². The molecule has 0 saturated carbocycles. The van der Waals surface area contributed by atoms with Crippen molar-refractivity contribution in [2.24, 2.45) is 5.41 Å². The molecule has 36 heavy (non-hydrogen) atoms. The number of ketones is 1. The highest BCUT2D eigenvalue weighted by Crippen LogP contribution is 2.56. The highest BCUT2D eigenvalue weighted by atomic mass is 16.5. The smallest absolute Gasteiger partial charge is 0.329 e. The molecular weight excluding hydrogens is 450 g/mol. The van der Waals surface area contributed by atoms with Crippen LogP contribution in [0.5, 0.6) is 0 Å². The van der Waals surface area contributed by atoms with Gasteiger partial charge in [0, 0.05) is 17.7 Å². The average Bonchev–Trinajstić information content (AvgIpc) is 3.20. The van der Waals surface area contributed by atoms with Gasteiger partial charge in [0.1, 0.15) is 6.04 Å². The lowest BCUT2D eigenvalue weighted by Crippen LogP contribution is -2.47. The molecule has 3 aromatic rings. The van der Waals surface area contributed by atoms with E-state index in [1.54, 1.807) is 25.3 Å². The topological polar surface area (TPSA) is 83.3 Å². The summed E-state index contributed by atoms with van der Waals surface area (Å²) in [6, 6.07) is 19.5. The molecule has 0 spiro atoms. The Labute approximate surface area is 210 Å². The van der Waals surface area contributed by atoms with Gasteiger partial charge in [0.2, 0.25) is 0 Å². The lowest BCUT2D eigenvalue weighted by atomic mass is 9.67. The molecule has 2 aliphatic rings. The third kappa shape index (κ3) is 3.43. The van der Waals surface area contributed by atoms with Gasteiger partial charge in [0.05, 0.1) is 30.1 Å². The van der Waals surface area contributed by atoms with Gasteiger partial charge in [-0.3, -0.25) is 14.6 Å². The number of benzene rings is 2. The van der Waals surface area contributed by atoms with E-state index in [0.717, 1.165) is 22.4 Å².